The molecular formula is C13H12N2O. The quantitative estimate of drug-likeness (QED) is 0.774. The van der Waals surface area contributed by atoms with Crippen molar-refractivity contribution in [1.29, 1.82) is 0 Å². The Balaban J connectivity index is 2.20. The first-order valence-corrected chi connectivity index (χ1v) is 5.27. The maximum atomic E-state index is 5.21. The van der Waals surface area contributed by atoms with Crippen molar-refractivity contribution >= 4 is 12.1 Å². The fourth-order valence-corrected chi connectivity index (χ4v) is 1.99. The summed E-state index contributed by atoms with van der Waals surface area (Å²) < 4.78 is 5.21. The zero-order valence-electron chi connectivity index (χ0n) is 9.03. The molecule has 0 radical (unpaired) electrons. The SMILES string of the molecule is Cc1[nH]c(-c2ccccc2)c2c1COC=N2. The van der Waals surface area contributed by atoms with Gasteiger partial charge in [-0.1, -0.05) is 30.3 Å². The molecule has 80 valence electrons. The molecule has 0 atom stereocenters. The number of hydrogen-bond donors (Lipinski definition) is 1. The lowest BCUT2D eigenvalue weighted by atomic mass is 10.1. The Morgan fingerprint density at radius 1 is 1.25 bits per heavy atom. The lowest BCUT2D eigenvalue weighted by Gasteiger charge is -2.08. The van der Waals surface area contributed by atoms with Gasteiger partial charge in [0, 0.05) is 16.8 Å². The number of H-pyrrole nitrogens is 1. The Bertz CT molecular complexity index is 541. The highest BCUT2D eigenvalue weighted by molar-refractivity contribution is 5.80. The smallest absolute Gasteiger partial charge is 0.175 e. The minimum atomic E-state index is 0.605. The first-order chi connectivity index (χ1) is 7.86. The largest absolute Gasteiger partial charge is 0.478 e. The van der Waals surface area contributed by atoms with Gasteiger partial charge in [-0.15, -0.1) is 0 Å². The molecule has 2 heterocycles. The molecule has 2 aromatic rings. The number of aromatic nitrogens is 1. The molecule has 1 N–H and O–H groups in total. The van der Waals surface area contributed by atoms with E-state index < -0.39 is 0 Å². The molecule has 3 rings (SSSR count). The molecule has 0 bridgehead atoms. The Kier molecular flexibility index (Phi) is 2.03. The Morgan fingerprint density at radius 3 is 2.88 bits per heavy atom. The van der Waals surface area contributed by atoms with Crippen LogP contribution >= 0.6 is 0 Å². The molecule has 0 fully saturated rings. The van der Waals surface area contributed by atoms with Gasteiger partial charge in [-0.05, 0) is 6.92 Å². The van der Waals surface area contributed by atoms with Crippen molar-refractivity contribution in [2.75, 3.05) is 0 Å². The molecule has 0 saturated carbocycles. The fourth-order valence-electron chi connectivity index (χ4n) is 1.99. The lowest BCUT2D eigenvalue weighted by Crippen LogP contribution is -1.96. The number of fused-ring (bicyclic) bond motifs is 1. The summed E-state index contributed by atoms with van der Waals surface area (Å²) in [5, 5.41) is 0. The van der Waals surface area contributed by atoms with Gasteiger partial charge in [-0.2, -0.15) is 0 Å². The zero-order valence-corrected chi connectivity index (χ0v) is 9.03. The van der Waals surface area contributed by atoms with Crippen molar-refractivity contribution in [1.82, 2.24) is 4.98 Å². The van der Waals surface area contributed by atoms with E-state index in [1.165, 1.54) is 6.40 Å². The zero-order chi connectivity index (χ0) is 11.0. The van der Waals surface area contributed by atoms with Gasteiger partial charge in [0.25, 0.3) is 0 Å². The van der Waals surface area contributed by atoms with Crippen LogP contribution < -0.4 is 0 Å². The standard InChI is InChI=1S/C13H12N2O/c1-9-11-7-16-8-14-13(11)12(15-9)10-5-3-2-4-6-10/h2-6,8,15H,7H2,1H3. The number of nitrogens with zero attached hydrogens (tertiary/aromatic N) is 1. The van der Waals surface area contributed by atoms with Gasteiger partial charge >= 0.3 is 0 Å². The van der Waals surface area contributed by atoms with Crippen LogP contribution in [0.25, 0.3) is 11.3 Å². The average Bonchev–Trinajstić information content (AvgIpc) is 2.69. The molecule has 0 spiro atoms. The van der Waals surface area contributed by atoms with Crippen molar-refractivity contribution in [3.8, 4) is 11.3 Å². The third kappa shape index (κ3) is 1.33. The van der Waals surface area contributed by atoms with Gasteiger partial charge in [0.1, 0.15) is 6.61 Å². The van der Waals surface area contributed by atoms with Crippen molar-refractivity contribution in [3.05, 3.63) is 41.6 Å². The predicted octanol–water partition coefficient (Wildman–Crippen LogP) is 3.18. The van der Waals surface area contributed by atoms with Crippen LogP contribution in [0, 0.1) is 6.92 Å². The topological polar surface area (TPSA) is 37.4 Å². The van der Waals surface area contributed by atoms with E-state index in [0.717, 1.165) is 28.2 Å². The number of benzene rings is 1. The number of aliphatic imine (C=N–C) groups is 1. The number of nitrogens with one attached hydrogen (secondary N) is 1. The van der Waals surface area contributed by atoms with Gasteiger partial charge < -0.3 is 9.72 Å². The molecule has 3 nitrogen and oxygen atoms in total. The second-order valence-electron chi connectivity index (χ2n) is 3.86. The second-order valence-corrected chi connectivity index (χ2v) is 3.86. The van der Waals surface area contributed by atoms with Crippen LogP contribution in [0.2, 0.25) is 0 Å². The Hall–Kier alpha value is -2.03. The summed E-state index contributed by atoms with van der Waals surface area (Å²) in [6.07, 6.45) is 1.52. The van der Waals surface area contributed by atoms with Crippen LogP contribution in [0.4, 0.5) is 5.69 Å². The van der Waals surface area contributed by atoms with Crippen LogP contribution in [0.3, 0.4) is 0 Å². The van der Waals surface area contributed by atoms with E-state index in [2.05, 4.69) is 29.0 Å². The molecule has 1 aliphatic rings. The highest BCUT2D eigenvalue weighted by atomic mass is 16.5. The van der Waals surface area contributed by atoms with Crippen molar-refractivity contribution in [2.45, 2.75) is 13.5 Å². The maximum Gasteiger partial charge on any atom is 0.175 e. The van der Waals surface area contributed by atoms with Gasteiger partial charge in [0.15, 0.2) is 6.40 Å². The van der Waals surface area contributed by atoms with E-state index in [0.29, 0.717) is 6.61 Å². The summed E-state index contributed by atoms with van der Waals surface area (Å²) >= 11 is 0. The minimum absolute atomic E-state index is 0.605. The van der Waals surface area contributed by atoms with Crippen LogP contribution in [0.5, 0.6) is 0 Å². The van der Waals surface area contributed by atoms with Gasteiger partial charge in [0.2, 0.25) is 0 Å². The van der Waals surface area contributed by atoms with Crippen LogP contribution in [0.1, 0.15) is 11.3 Å². The van der Waals surface area contributed by atoms with E-state index >= 15 is 0 Å². The third-order valence-corrected chi connectivity index (χ3v) is 2.83. The third-order valence-electron chi connectivity index (χ3n) is 2.83. The highest BCUT2D eigenvalue weighted by Crippen LogP contribution is 2.36. The van der Waals surface area contributed by atoms with Gasteiger partial charge in [0.05, 0.1) is 11.4 Å². The van der Waals surface area contributed by atoms with Crippen LogP contribution in [-0.4, -0.2) is 11.4 Å². The molecule has 0 unspecified atom stereocenters. The minimum Gasteiger partial charge on any atom is -0.478 e. The van der Waals surface area contributed by atoms with Gasteiger partial charge in [-0.25, -0.2) is 4.99 Å². The van der Waals surface area contributed by atoms with E-state index in [1.807, 2.05) is 18.2 Å². The van der Waals surface area contributed by atoms with Crippen molar-refractivity contribution < 1.29 is 4.74 Å². The number of aryl methyl sites for hydroxylation is 1. The normalized spacial score (nSPS) is 13.3. The van der Waals surface area contributed by atoms with Gasteiger partial charge in [-0.3, -0.25) is 0 Å². The molecule has 1 aromatic carbocycles. The Morgan fingerprint density at radius 2 is 2.06 bits per heavy atom. The first-order valence-electron chi connectivity index (χ1n) is 5.27. The molecule has 3 heteroatoms. The van der Waals surface area contributed by atoms with E-state index in [1.54, 1.807) is 0 Å². The number of rotatable bonds is 1. The molecule has 1 aromatic heterocycles. The summed E-state index contributed by atoms with van der Waals surface area (Å²) in [5.74, 6) is 0. The molecule has 16 heavy (non-hydrogen) atoms. The number of hydrogen-bond acceptors (Lipinski definition) is 2. The first kappa shape index (κ1) is 9.21. The fraction of sp³-hybridized carbons (Fsp3) is 0.154. The Labute approximate surface area is 93.8 Å². The van der Waals surface area contributed by atoms with Crippen LogP contribution in [0.15, 0.2) is 35.3 Å². The predicted molar refractivity (Wildman–Crippen MR) is 63.9 cm³/mol. The summed E-state index contributed by atoms with van der Waals surface area (Å²) in [7, 11) is 0. The van der Waals surface area contributed by atoms with E-state index in [9.17, 15) is 0 Å². The van der Waals surface area contributed by atoms with Crippen LogP contribution in [-0.2, 0) is 11.3 Å². The maximum absolute atomic E-state index is 5.21. The monoisotopic (exact) mass is 212 g/mol. The summed E-state index contributed by atoms with van der Waals surface area (Å²) in [6, 6.07) is 10.2. The molecule has 0 aliphatic carbocycles. The molecule has 1 aliphatic heterocycles. The second kappa shape index (κ2) is 3.52. The average molecular weight is 212 g/mol. The molecule has 0 amide bonds. The summed E-state index contributed by atoms with van der Waals surface area (Å²) in [5.41, 5.74) is 5.53. The number of aromatic amines is 1. The number of ether oxygens (including phenoxy) is 1. The van der Waals surface area contributed by atoms with Crippen molar-refractivity contribution in [3.63, 3.8) is 0 Å². The van der Waals surface area contributed by atoms with Crippen molar-refractivity contribution in [2.24, 2.45) is 4.99 Å². The summed E-state index contributed by atoms with van der Waals surface area (Å²) in [6.45, 7) is 2.66. The van der Waals surface area contributed by atoms with E-state index in [4.69, 9.17) is 4.74 Å². The highest BCUT2D eigenvalue weighted by Gasteiger charge is 2.17. The molecular weight excluding hydrogens is 200 g/mol. The molecule has 0 saturated heterocycles. The summed E-state index contributed by atoms with van der Waals surface area (Å²) in [4.78, 5) is 7.69. The lowest BCUT2D eigenvalue weighted by molar-refractivity contribution is 0.302. The van der Waals surface area contributed by atoms with E-state index in [-0.39, 0.29) is 0 Å².